The van der Waals surface area contributed by atoms with Crippen molar-refractivity contribution >= 4 is 26.7 Å². The zero-order valence-electron chi connectivity index (χ0n) is 13.7. The predicted octanol–water partition coefficient (Wildman–Crippen LogP) is 2.67. The third-order valence-corrected chi connectivity index (χ3v) is 5.22. The quantitative estimate of drug-likeness (QED) is 0.777. The lowest BCUT2D eigenvalue weighted by Crippen LogP contribution is -2.30. The van der Waals surface area contributed by atoms with Crippen LogP contribution in [0.2, 0.25) is 0 Å². The molecule has 0 saturated carbocycles. The second-order valence-electron chi connectivity index (χ2n) is 5.47. The topological polar surface area (TPSA) is 85.4 Å². The summed E-state index contributed by atoms with van der Waals surface area (Å²) >= 11 is 0. The van der Waals surface area contributed by atoms with E-state index in [9.17, 15) is 13.2 Å². The summed E-state index contributed by atoms with van der Waals surface area (Å²) in [5.41, 5.74) is 1.05. The highest BCUT2D eigenvalue weighted by molar-refractivity contribution is 7.90. The molecule has 128 valence electrons. The van der Waals surface area contributed by atoms with Gasteiger partial charge in [0.2, 0.25) is 0 Å². The van der Waals surface area contributed by atoms with Gasteiger partial charge in [0.25, 0.3) is 15.9 Å². The lowest BCUT2D eigenvalue weighted by atomic mass is 10.1. The minimum Gasteiger partial charge on any atom is -0.496 e. The highest BCUT2D eigenvalue weighted by Crippen LogP contribution is 2.23. The largest absolute Gasteiger partial charge is 0.496 e. The molecule has 7 heteroatoms. The number of aromatic nitrogens is 1. The molecule has 1 amide bonds. The third-order valence-electron chi connectivity index (χ3n) is 3.83. The molecule has 1 heterocycles. The van der Waals surface area contributed by atoms with Crippen molar-refractivity contribution in [3.8, 4) is 5.75 Å². The van der Waals surface area contributed by atoms with Gasteiger partial charge in [0.15, 0.2) is 0 Å². The number of carbonyl (C=O) groups excluding carboxylic acids is 1. The molecule has 6 nitrogen and oxygen atoms in total. The minimum atomic E-state index is -4.03. The van der Waals surface area contributed by atoms with Crippen LogP contribution in [0.25, 0.3) is 10.8 Å². The fourth-order valence-corrected chi connectivity index (χ4v) is 3.73. The van der Waals surface area contributed by atoms with Crippen molar-refractivity contribution in [1.29, 1.82) is 0 Å². The summed E-state index contributed by atoms with van der Waals surface area (Å²) in [6.07, 6.45) is 3.08. The van der Waals surface area contributed by atoms with Gasteiger partial charge in [0, 0.05) is 28.7 Å². The number of carbonyl (C=O) groups is 1. The molecule has 0 unspecified atom stereocenters. The normalized spacial score (nSPS) is 11.3. The Kier molecular flexibility index (Phi) is 4.41. The number of nitrogens with zero attached hydrogens (tertiary/aromatic N) is 1. The van der Waals surface area contributed by atoms with Crippen LogP contribution in [0.15, 0.2) is 59.8 Å². The van der Waals surface area contributed by atoms with E-state index in [1.165, 1.54) is 25.4 Å². The molecule has 0 bridgehead atoms. The van der Waals surface area contributed by atoms with Crippen LogP contribution in [0.3, 0.4) is 0 Å². The molecule has 0 radical (unpaired) electrons. The van der Waals surface area contributed by atoms with Gasteiger partial charge in [-0.3, -0.25) is 9.78 Å². The Morgan fingerprint density at radius 3 is 2.72 bits per heavy atom. The molecule has 0 aliphatic carbocycles. The van der Waals surface area contributed by atoms with Crippen molar-refractivity contribution < 1.29 is 17.9 Å². The van der Waals surface area contributed by atoms with Gasteiger partial charge in [-0.1, -0.05) is 18.2 Å². The lowest BCUT2D eigenvalue weighted by Gasteiger charge is -2.11. The van der Waals surface area contributed by atoms with Gasteiger partial charge in [0.1, 0.15) is 5.75 Å². The molecule has 1 N–H and O–H groups in total. The number of aryl methyl sites for hydroxylation is 1. The summed E-state index contributed by atoms with van der Waals surface area (Å²) in [5.74, 6) is -0.203. The van der Waals surface area contributed by atoms with Crippen LogP contribution in [0.4, 0.5) is 0 Å². The van der Waals surface area contributed by atoms with E-state index >= 15 is 0 Å². The van der Waals surface area contributed by atoms with Gasteiger partial charge < -0.3 is 4.74 Å². The van der Waals surface area contributed by atoms with Crippen molar-refractivity contribution in [1.82, 2.24) is 9.71 Å². The third kappa shape index (κ3) is 3.32. The average molecular weight is 356 g/mol. The number of amides is 1. The monoisotopic (exact) mass is 356 g/mol. The summed E-state index contributed by atoms with van der Waals surface area (Å²) in [6, 6.07) is 11.2. The molecule has 0 aliphatic heterocycles. The Labute approximate surface area is 145 Å². The molecule has 25 heavy (non-hydrogen) atoms. The van der Waals surface area contributed by atoms with Gasteiger partial charge in [-0.15, -0.1) is 0 Å². The second-order valence-corrected chi connectivity index (χ2v) is 7.12. The Hall–Kier alpha value is -2.93. The summed E-state index contributed by atoms with van der Waals surface area (Å²) in [6.45, 7) is 1.83. The highest BCUT2D eigenvalue weighted by atomic mass is 32.2. The number of methoxy groups -OCH3 is 1. The zero-order chi connectivity index (χ0) is 18.0. The molecule has 1 aromatic heterocycles. The van der Waals surface area contributed by atoms with Crippen LogP contribution in [0.5, 0.6) is 5.75 Å². The van der Waals surface area contributed by atoms with Crippen LogP contribution >= 0.6 is 0 Å². The number of rotatable bonds is 4. The van der Waals surface area contributed by atoms with Gasteiger partial charge in [-0.2, -0.15) is 0 Å². The van der Waals surface area contributed by atoms with Gasteiger partial charge in [-0.25, -0.2) is 13.1 Å². The molecule has 0 atom stereocenters. The molecule has 0 spiro atoms. The molecular weight excluding hydrogens is 340 g/mol. The summed E-state index contributed by atoms with van der Waals surface area (Å²) in [7, 11) is -2.54. The minimum absolute atomic E-state index is 0.0276. The molecule has 3 aromatic rings. The van der Waals surface area contributed by atoms with E-state index in [0.29, 0.717) is 16.5 Å². The van der Waals surface area contributed by atoms with E-state index < -0.39 is 15.9 Å². The average Bonchev–Trinajstić information content (AvgIpc) is 2.61. The first kappa shape index (κ1) is 16.9. The number of ether oxygens (including phenoxy) is 1. The number of pyridine rings is 1. The van der Waals surface area contributed by atoms with Crippen LogP contribution in [-0.4, -0.2) is 26.4 Å². The Morgan fingerprint density at radius 1 is 1.16 bits per heavy atom. The molecule has 2 aromatic carbocycles. The lowest BCUT2D eigenvalue weighted by molar-refractivity contribution is 0.0981. The smallest absolute Gasteiger partial charge is 0.265 e. The maximum Gasteiger partial charge on any atom is 0.265 e. The number of benzene rings is 2. The zero-order valence-corrected chi connectivity index (χ0v) is 14.5. The van der Waals surface area contributed by atoms with E-state index in [4.69, 9.17) is 4.74 Å². The summed E-state index contributed by atoms with van der Waals surface area (Å²) in [4.78, 5) is 16.4. The molecule has 0 aliphatic rings. The van der Waals surface area contributed by atoms with Crippen molar-refractivity contribution in [2.24, 2.45) is 0 Å². The second kappa shape index (κ2) is 6.52. The van der Waals surface area contributed by atoms with Crippen molar-refractivity contribution in [2.75, 3.05) is 7.11 Å². The van der Waals surface area contributed by atoms with Crippen LogP contribution < -0.4 is 9.46 Å². The molecule has 0 fully saturated rings. The van der Waals surface area contributed by atoms with E-state index in [1.54, 1.807) is 36.5 Å². The van der Waals surface area contributed by atoms with E-state index in [-0.39, 0.29) is 10.5 Å². The number of hydrogen-bond donors (Lipinski definition) is 1. The molecule has 3 rings (SSSR count). The van der Waals surface area contributed by atoms with Gasteiger partial charge in [0.05, 0.1) is 12.0 Å². The van der Waals surface area contributed by atoms with Crippen molar-refractivity contribution in [2.45, 2.75) is 11.8 Å². The molecular formula is C18H16N2O4S. The van der Waals surface area contributed by atoms with Gasteiger partial charge >= 0.3 is 0 Å². The number of hydrogen-bond acceptors (Lipinski definition) is 5. The standard InChI is InChI=1S/C18H16N2O4S/c1-12-6-7-13(10-16(12)24-2)18(21)20-25(22,23)17-5-3-4-14-11-19-9-8-15(14)17/h3-11H,1-2H3,(H,20,21). The number of nitrogens with one attached hydrogen (secondary N) is 1. The number of fused-ring (bicyclic) bond motifs is 1. The summed E-state index contributed by atoms with van der Waals surface area (Å²) < 4.78 is 32.6. The first-order chi connectivity index (χ1) is 11.9. The van der Waals surface area contributed by atoms with Crippen LogP contribution in [0, 0.1) is 6.92 Å². The first-order valence-electron chi connectivity index (χ1n) is 7.47. The fraction of sp³-hybridized carbons (Fsp3) is 0.111. The van der Waals surface area contributed by atoms with E-state index in [1.807, 2.05) is 6.92 Å². The first-order valence-corrected chi connectivity index (χ1v) is 8.95. The Morgan fingerprint density at radius 2 is 1.96 bits per heavy atom. The van der Waals surface area contributed by atoms with Crippen LogP contribution in [0.1, 0.15) is 15.9 Å². The Bertz CT molecular complexity index is 1060. The van der Waals surface area contributed by atoms with E-state index in [2.05, 4.69) is 9.71 Å². The Balaban J connectivity index is 1.97. The predicted molar refractivity (Wildman–Crippen MR) is 94.1 cm³/mol. The highest BCUT2D eigenvalue weighted by Gasteiger charge is 2.21. The maximum absolute atomic E-state index is 12.7. The van der Waals surface area contributed by atoms with Crippen molar-refractivity contribution in [3.05, 3.63) is 66.0 Å². The molecule has 0 saturated heterocycles. The van der Waals surface area contributed by atoms with Crippen molar-refractivity contribution in [3.63, 3.8) is 0 Å². The maximum atomic E-state index is 12.7. The summed E-state index contributed by atoms with van der Waals surface area (Å²) in [5, 5.41) is 1.18. The SMILES string of the molecule is COc1cc(C(=O)NS(=O)(=O)c2cccc3cnccc23)ccc1C. The number of sulfonamides is 1. The van der Waals surface area contributed by atoms with Gasteiger partial charge in [-0.05, 0) is 36.8 Å². The van der Waals surface area contributed by atoms with E-state index in [0.717, 1.165) is 5.56 Å². The fourth-order valence-electron chi connectivity index (χ4n) is 2.52. The van der Waals surface area contributed by atoms with Crippen LogP contribution in [-0.2, 0) is 10.0 Å².